The normalized spacial score (nSPS) is 18.0. The number of halogens is 1. The molecule has 1 aliphatic carbocycles. The molecule has 19 heavy (non-hydrogen) atoms. The fourth-order valence-corrected chi connectivity index (χ4v) is 2.92. The molecule has 0 heterocycles. The van der Waals surface area contributed by atoms with Gasteiger partial charge in [0.2, 0.25) is 0 Å². The van der Waals surface area contributed by atoms with E-state index in [4.69, 9.17) is 4.74 Å². The zero-order chi connectivity index (χ0) is 14.0. The monoisotopic (exact) mass is 373 g/mol. The lowest BCUT2D eigenvalue weighted by molar-refractivity contribution is 0.190. The predicted octanol–water partition coefficient (Wildman–Crippen LogP) is 3.72. The molecule has 1 aromatic rings. The van der Waals surface area contributed by atoms with Crippen molar-refractivity contribution in [2.75, 3.05) is 4.43 Å². The standard InChI is InChI=1S/C15H20INO2/c1-15(2,3)17-14(18)19-13-5-4-11-6-10(9-16)7-12(11)8-13/h4-5,8,10H,6-7,9H2,1-3H3,(H,17,18). The first kappa shape index (κ1) is 14.6. The number of amides is 1. The van der Waals surface area contributed by atoms with Crippen LogP contribution in [0, 0.1) is 5.92 Å². The van der Waals surface area contributed by atoms with Gasteiger partial charge in [-0.05, 0) is 62.8 Å². The molecule has 0 radical (unpaired) electrons. The van der Waals surface area contributed by atoms with Gasteiger partial charge in [0, 0.05) is 9.97 Å². The molecule has 1 aliphatic rings. The predicted molar refractivity (Wildman–Crippen MR) is 85.1 cm³/mol. The Balaban J connectivity index is 2.02. The maximum absolute atomic E-state index is 11.7. The highest BCUT2D eigenvalue weighted by Gasteiger charge is 2.21. The van der Waals surface area contributed by atoms with Gasteiger partial charge in [-0.2, -0.15) is 0 Å². The summed E-state index contributed by atoms with van der Waals surface area (Å²) in [5.74, 6) is 1.36. The van der Waals surface area contributed by atoms with E-state index in [0.717, 1.165) is 18.8 Å². The van der Waals surface area contributed by atoms with E-state index in [1.165, 1.54) is 15.6 Å². The number of alkyl halides is 1. The van der Waals surface area contributed by atoms with Crippen LogP contribution in [0.2, 0.25) is 0 Å². The molecule has 0 aliphatic heterocycles. The summed E-state index contributed by atoms with van der Waals surface area (Å²) in [6.45, 7) is 5.80. The lowest BCUT2D eigenvalue weighted by atomic mass is 10.1. The van der Waals surface area contributed by atoms with Gasteiger partial charge in [-0.25, -0.2) is 4.79 Å². The summed E-state index contributed by atoms with van der Waals surface area (Å²) in [6, 6.07) is 5.97. The van der Waals surface area contributed by atoms with Crippen molar-refractivity contribution in [3.05, 3.63) is 29.3 Å². The first-order chi connectivity index (χ1) is 8.87. The summed E-state index contributed by atoms with van der Waals surface area (Å²) >= 11 is 2.44. The number of nitrogens with one attached hydrogen (secondary N) is 1. The third-order valence-electron chi connectivity index (χ3n) is 3.10. The highest BCUT2D eigenvalue weighted by atomic mass is 127. The van der Waals surface area contributed by atoms with E-state index in [2.05, 4.69) is 34.0 Å². The minimum atomic E-state index is -0.393. The second kappa shape index (κ2) is 5.69. The minimum Gasteiger partial charge on any atom is -0.410 e. The lowest BCUT2D eigenvalue weighted by Crippen LogP contribution is -2.42. The van der Waals surface area contributed by atoms with Gasteiger partial charge in [-0.3, -0.25) is 0 Å². The molecule has 1 aromatic carbocycles. The van der Waals surface area contributed by atoms with Crippen LogP contribution in [0.15, 0.2) is 18.2 Å². The van der Waals surface area contributed by atoms with Gasteiger partial charge in [-0.1, -0.05) is 28.7 Å². The highest BCUT2D eigenvalue weighted by Crippen LogP contribution is 2.30. The zero-order valence-electron chi connectivity index (χ0n) is 11.6. The molecule has 0 bridgehead atoms. The smallest absolute Gasteiger partial charge is 0.410 e. The number of rotatable bonds is 2. The summed E-state index contributed by atoms with van der Waals surface area (Å²) in [6.07, 6.45) is 1.85. The second-order valence-electron chi connectivity index (χ2n) is 6.12. The molecule has 1 atom stereocenters. The number of ether oxygens (including phenoxy) is 1. The van der Waals surface area contributed by atoms with Crippen molar-refractivity contribution < 1.29 is 9.53 Å². The third-order valence-corrected chi connectivity index (χ3v) is 4.35. The third kappa shape index (κ3) is 4.09. The average molecular weight is 373 g/mol. The van der Waals surface area contributed by atoms with Gasteiger partial charge in [0.15, 0.2) is 0 Å². The number of fused-ring (bicyclic) bond motifs is 1. The van der Waals surface area contributed by atoms with E-state index in [1.807, 2.05) is 32.9 Å². The van der Waals surface area contributed by atoms with E-state index >= 15 is 0 Å². The molecule has 0 aromatic heterocycles. The van der Waals surface area contributed by atoms with Crippen molar-refractivity contribution in [2.45, 2.75) is 39.2 Å². The Hall–Kier alpha value is -0.780. The van der Waals surface area contributed by atoms with Crippen LogP contribution < -0.4 is 10.1 Å². The van der Waals surface area contributed by atoms with Crippen LogP contribution in [0.1, 0.15) is 31.9 Å². The van der Waals surface area contributed by atoms with Crippen molar-refractivity contribution in [2.24, 2.45) is 5.92 Å². The summed E-state index contributed by atoms with van der Waals surface area (Å²) in [4.78, 5) is 11.7. The number of carbonyl (C=O) groups excluding carboxylic acids is 1. The second-order valence-corrected chi connectivity index (χ2v) is 7.00. The van der Waals surface area contributed by atoms with Crippen molar-refractivity contribution in [3.63, 3.8) is 0 Å². The molecule has 1 amide bonds. The quantitative estimate of drug-likeness (QED) is 0.634. The Morgan fingerprint density at radius 1 is 1.37 bits per heavy atom. The zero-order valence-corrected chi connectivity index (χ0v) is 13.8. The van der Waals surface area contributed by atoms with Gasteiger partial charge in [-0.15, -0.1) is 0 Å². The maximum Gasteiger partial charge on any atom is 0.413 e. The van der Waals surface area contributed by atoms with Crippen LogP contribution in [0.3, 0.4) is 0 Å². The Morgan fingerprint density at radius 3 is 2.68 bits per heavy atom. The van der Waals surface area contributed by atoms with Gasteiger partial charge < -0.3 is 10.1 Å². The Morgan fingerprint density at radius 2 is 2.05 bits per heavy atom. The molecule has 0 fully saturated rings. The lowest BCUT2D eigenvalue weighted by Gasteiger charge is -2.19. The van der Waals surface area contributed by atoms with Gasteiger partial charge in [0.1, 0.15) is 5.75 Å². The Kier molecular flexibility index (Phi) is 4.38. The van der Waals surface area contributed by atoms with E-state index in [0.29, 0.717) is 5.75 Å². The molecular weight excluding hydrogens is 353 g/mol. The number of carbonyl (C=O) groups is 1. The van der Waals surface area contributed by atoms with Crippen molar-refractivity contribution >= 4 is 28.7 Å². The number of hydrogen-bond acceptors (Lipinski definition) is 2. The van der Waals surface area contributed by atoms with Crippen molar-refractivity contribution in [3.8, 4) is 5.75 Å². The molecule has 0 saturated carbocycles. The van der Waals surface area contributed by atoms with Crippen LogP contribution in [0.5, 0.6) is 5.75 Å². The van der Waals surface area contributed by atoms with E-state index in [9.17, 15) is 4.79 Å². The molecule has 0 spiro atoms. The topological polar surface area (TPSA) is 38.3 Å². The van der Waals surface area contributed by atoms with Crippen LogP contribution in [-0.2, 0) is 12.8 Å². The van der Waals surface area contributed by atoms with E-state index in [-0.39, 0.29) is 5.54 Å². The fraction of sp³-hybridized carbons (Fsp3) is 0.533. The van der Waals surface area contributed by atoms with Crippen LogP contribution in [-0.4, -0.2) is 16.1 Å². The molecule has 0 saturated heterocycles. The summed E-state index contributed by atoms with van der Waals surface area (Å²) < 4.78 is 6.51. The summed E-state index contributed by atoms with van der Waals surface area (Å²) in [5.41, 5.74) is 2.44. The van der Waals surface area contributed by atoms with E-state index in [1.54, 1.807) is 0 Å². The minimum absolute atomic E-state index is 0.278. The molecule has 3 nitrogen and oxygen atoms in total. The van der Waals surface area contributed by atoms with Gasteiger partial charge in [0.05, 0.1) is 0 Å². The largest absolute Gasteiger partial charge is 0.413 e. The van der Waals surface area contributed by atoms with Crippen LogP contribution >= 0.6 is 22.6 Å². The molecular formula is C15H20INO2. The van der Waals surface area contributed by atoms with Gasteiger partial charge >= 0.3 is 6.09 Å². The Labute approximate surface area is 128 Å². The first-order valence-corrected chi connectivity index (χ1v) is 8.08. The summed E-state index contributed by atoms with van der Waals surface area (Å²) in [7, 11) is 0. The van der Waals surface area contributed by atoms with Crippen LogP contribution in [0.25, 0.3) is 0 Å². The molecule has 2 rings (SSSR count). The molecule has 1 N–H and O–H groups in total. The number of hydrogen-bond donors (Lipinski definition) is 1. The summed E-state index contributed by atoms with van der Waals surface area (Å²) in [5, 5.41) is 2.79. The van der Waals surface area contributed by atoms with Crippen molar-refractivity contribution in [1.82, 2.24) is 5.32 Å². The molecule has 1 unspecified atom stereocenters. The molecule has 4 heteroatoms. The van der Waals surface area contributed by atoms with Crippen LogP contribution in [0.4, 0.5) is 4.79 Å². The fourth-order valence-electron chi connectivity index (χ4n) is 2.30. The average Bonchev–Trinajstić information content (AvgIpc) is 2.68. The first-order valence-electron chi connectivity index (χ1n) is 6.55. The maximum atomic E-state index is 11.7. The van der Waals surface area contributed by atoms with E-state index < -0.39 is 6.09 Å². The Bertz CT molecular complexity index is 480. The van der Waals surface area contributed by atoms with Crippen molar-refractivity contribution in [1.29, 1.82) is 0 Å². The SMILES string of the molecule is CC(C)(C)NC(=O)Oc1ccc2c(c1)CC(CI)C2. The number of benzene rings is 1. The van der Waals surface area contributed by atoms with Gasteiger partial charge in [0.25, 0.3) is 0 Å². The molecule has 104 valence electrons. The highest BCUT2D eigenvalue weighted by molar-refractivity contribution is 14.1.